The Morgan fingerprint density at radius 3 is 2.31 bits per heavy atom. The summed E-state index contributed by atoms with van der Waals surface area (Å²) in [6, 6.07) is 10.7. The second-order valence-corrected chi connectivity index (χ2v) is 9.20. The molecule has 0 saturated carbocycles. The van der Waals surface area contributed by atoms with Gasteiger partial charge in [-0.2, -0.15) is 0 Å². The van der Waals surface area contributed by atoms with Crippen molar-refractivity contribution in [1.82, 2.24) is 0 Å². The van der Waals surface area contributed by atoms with E-state index in [1.165, 1.54) is 25.1 Å². The van der Waals surface area contributed by atoms with Gasteiger partial charge >= 0.3 is 0 Å². The number of carbonyl (C=O) groups is 1. The van der Waals surface area contributed by atoms with Crippen molar-refractivity contribution in [2.24, 2.45) is 0 Å². The molecule has 0 radical (unpaired) electrons. The molecule has 9 heteroatoms. The van der Waals surface area contributed by atoms with Crippen LogP contribution in [0.4, 0.5) is 11.4 Å². The van der Waals surface area contributed by atoms with Crippen LogP contribution in [0.3, 0.4) is 0 Å². The van der Waals surface area contributed by atoms with Crippen LogP contribution < -0.4 is 9.62 Å². The Labute approximate surface area is 167 Å². The molecular formula is C17H18Cl2N2O3S2. The maximum absolute atomic E-state index is 12.7. The van der Waals surface area contributed by atoms with Crippen LogP contribution in [0.25, 0.3) is 0 Å². The first kappa shape index (κ1) is 20.9. The molecule has 5 nitrogen and oxygen atoms in total. The van der Waals surface area contributed by atoms with Crippen molar-refractivity contribution >= 4 is 62.3 Å². The van der Waals surface area contributed by atoms with Gasteiger partial charge in [0, 0.05) is 20.6 Å². The maximum atomic E-state index is 12.7. The normalized spacial score (nSPS) is 12.5. The average molecular weight is 433 g/mol. The fourth-order valence-electron chi connectivity index (χ4n) is 2.42. The van der Waals surface area contributed by atoms with Crippen molar-refractivity contribution in [3.8, 4) is 0 Å². The number of hydrogen-bond acceptors (Lipinski definition) is 4. The highest BCUT2D eigenvalue weighted by molar-refractivity contribution is 7.98. The highest BCUT2D eigenvalue weighted by Gasteiger charge is 2.29. The summed E-state index contributed by atoms with van der Waals surface area (Å²) in [6.45, 7) is 1.50. The molecule has 0 unspecified atom stereocenters. The van der Waals surface area contributed by atoms with Gasteiger partial charge in [0.05, 0.1) is 11.9 Å². The molecule has 0 fully saturated rings. The lowest BCUT2D eigenvalue weighted by atomic mass is 10.2. The Morgan fingerprint density at radius 1 is 1.15 bits per heavy atom. The number of rotatable bonds is 6. The molecule has 2 aromatic rings. The minimum Gasteiger partial charge on any atom is -0.324 e. The predicted molar refractivity (Wildman–Crippen MR) is 110 cm³/mol. The number of nitrogens with zero attached hydrogens (tertiary/aromatic N) is 1. The minimum absolute atomic E-state index is 0.227. The van der Waals surface area contributed by atoms with Crippen molar-refractivity contribution in [1.29, 1.82) is 0 Å². The third-order valence-electron chi connectivity index (χ3n) is 3.53. The summed E-state index contributed by atoms with van der Waals surface area (Å²) in [5.74, 6) is -0.468. The van der Waals surface area contributed by atoms with Gasteiger partial charge in [0.25, 0.3) is 0 Å². The van der Waals surface area contributed by atoms with Crippen molar-refractivity contribution in [2.45, 2.75) is 17.9 Å². The van der Waals surface area contributed by atoms with E-state index in [2.05, 4.69) is 5.32 Å². The summed E-state index contributed by atoms with van der Waals surface area (Å²) in [5, 5.41) is 3.30. The highest BCUT2D eigenvalue weighted by Crippen LogP contribution is 2.29. The van der Waals surface area contributed by atoms with E-state index in [1.54, 1.807) is 17.8 Å². The van der Waals surface area contributed by atoms with Gasteiger partial charge in [0.15, 0.2) is 0 Å². The van der Waals surface area contributed by atoms with E-state index in [-0.39, 0.29) is 15.7 Å². The standard InChI is InChI=1S/C17H18Cl2N2O3S2/c1-11(17(22)20-14-5-4-6-16(10-14)25-2)21(26(3,23)24)15-8-12(18)7-13(19)9-15/h4-11H,1-3H3,(H,20,22)/t11-/m1/s1. The number of halogens is 2. The lowest BCUT2D eigenvalue weighted by Gasteiger charge is -2.28. The van der Waals surface area contributed by atoms with E-state index < -0.39 is 22.0 Å². The number of sulfonamides is 1. The fraction of sp³-hybridized carbons (Fsp3) is 0.235. The molecule has 2 rings (SSSR count). The summed E-state index contributed by atoms with van der Waals surface area (Å²) < 4.78 is 25.6. The summed E-state index contributed by atoms with van der Waals surface area (Å²) >= 11 is 13.5. The van der Waals surface area contributed by atoms with Crippen molar-refractivity contribution in [2.75, 3.05) is 22.1 Å². The maximum Gasteiger partial charge on any atom is 0.247 e. The number of hydrogen-bond donors (Lipinski definition) is 1. The van der Waals surface area contributed by atoms with Crippen molar-refractivity contribution in [3.63, 3.8) is 0 Å². The largest absolute Gasteiger partial charge is 0.324 e. The highest BCUT2D eigenvalue weighted by atomic mass is 35.5. The van der Waals surface area contributed by atoms with Crippen LogP contribution in [0, 0.1) is 0 Å². The molecule has 0 heterocycles. The Kier molecular flexibility index (Phi) is 6.85. The van der Waals surface area contributed by atoms with Crippen LogP contribution in [-0.4, -0.2) is 32.9 Å². The van der Waals surface area contributed by atoms with Gasteiger partial charge < -0.3 is 5.32 Å². The molecule has 1 amide bonds. The Hall–Kier alpha value is -1.41. The molecule has 1 atom stereocenters. The van der Waals surface area contributed by atoms with Gasteiger partial charge in [0.2, 0.25) is 15.9 Å². The zero-order chi connectivity index (χ0) is 19.5. The number of anilines is 2. The molecule has 0 bridgehead atoms. The van der Waals surface area contributed by atoms with E-state index in [4.69, 9.17) is 23.2 Å². The molecule has 0 aliphatic rings. The van der Waals surface area contributed by atoms with E-state index in [9.17, 15) is 13.2 Å². The molecule has 0 aliphatic heterocycles. The SMILES string of the molecule is CSc1cccc(NC(=O)[C@@H](C)N(c2cc(Cl)cc(Cl)c2)S(C)(=O)=O)c1. The van der Waals surface area contributed by atoms with E-state index >= 15 is 0 Å². The van der Waals surface area contributed by atoms with Gasteiger partial charge in [-0.3, -0.25) is 9.10 Å². The quantitative estimate of drug-likeness (QED) is 0.681. The van der Waals surface area contributed by atoms with Crippen LogP contribution in [0.1, 0.15) is 6.92 Å². The molecule has 0 aliphatic carbocycles. The lowest BCUT2D eigenvalue weighted by Crippen LogP contribution is -2.45. The van der Waals surface area contributed by atoms with E-state index in [1.807, 2.05) is 24.5 Å². The number of amides is 1. The van der Waals surface area contributed by atoms with Crippen LogP contribution in [-0.2, 0) is 14.8 Å². The molecule has 0 aromatic heterocycles. The third-order valence-corrected chi connectivity index (χ3v) is 5.93. The smallest absolute Gasteiger partial charge is 0.247 e. The zero-order valence-corrected chi connectivity index (χ0v) is 17.5. The average Bonchev–Trinajstić information content (AvgIpc) is 2.52. The van der Waals surface area contributed by atoms with E-state index in [0.717, 1.165) is 15.5 Å². The molecular weight excluding hydrogens is 415 g/mol. The Balaban J connectivity index is 2.34. The first-order valence-electron chi connectivity index (χ1n) is 7.52. The molecule has 0 saturated heterocycles. The van der Waals surface area contributed by atoms with Gasteiger partial charge in [-0.1, -0.05) is 29.3 Å². The number of thioether (sulfide) groups is 1. The summed E-state index contributed by atoms with van der Waals surface area (Å²) in [7, 11) is -3.75. The van der Waals surface area contributed by atoms with Crippen LogP contribution in [0.5, 0.6) is 0 Å². The minimum atomic E-state index is -3.75. The fourth-order valence-corrected chi connectivity index (χ4v) is 4.56. The van der Waals surface area contributed by atoms with Crippen LogP contribution in [0.15, 0.2) is 47.4 Å². The molecule has 140 valence electrons. The van der Waals surface area contributed by atoms with Gasteiger partial charge in [-0.25, -0.2) is 8.42 Å². The topological polar surface area (TPSA) is 66.5 Å². The number of carbonyl (C=O) groups excluding carboxylic acids is 1. The first-order valence-corrected chi connectivity index (χ1v) is 11.3. The van der Waals surface area contributed by atoms with Crippen molar-refractivity contribution in [3.05, 3.63) is 52.5 Å². The predicted octanol–water partition coefficient (Wildman–Crippen LogP) is 4.51. The van der Waals surface area contributed by atoms with Gasteiger partial charge in [0.1, 0.15) is 6.04 Å². The number of benzene rings is 2. The Morgan fingerprint density at radius 2 is 1.77 bits per heavy atom. The van der Waals surface area contributed by atoms with Gasteiger partial charge in [-0.15, -0.1) is 11.8 Å². The van der Waals surface area contributed by atoms with Crippen molar-refractivity contribution < 1.29 is 13.2 Å². The first-order chi connectivity index (χ1) is 12.1. The van der Waals surface area contributed by atoms with Crippen LogP contribution in [0.2, 0.25) is 10.0 Å². The lowest BCUT2D eigenvalue weighted by molar-refractivity contribution is -0.116. The number of nitrogens with one attached hydrogen (secondary N) is 1. The Bertz CT molecular complexity index is 900. The summed E-state index contributed by atoms with van der Waals surface area (Å²) in [4.78, 5) is 13.6. The van der Waals surface area contributed by atoms with Crippen LogP contribution >= 0.6 is 35.0 Å². The second kappa shape index (κ2) is 8.52. The van der Waals surface area contributed by atoms with Gasteiger partial charge in [-0.05, 0) is 49.6 Å². The van der Waals surface area contributed by atoms with E-state index in [0.29, 0.717) is 5.69 Å². The monoisotopic (exact) mass is 432 g/mol. The molecule has 26 heavy (non-hydrogen) atoms. The zero-order valence-electron chi connectivity index (χ0n) is 14.4. The third kappa shape index (κ3) is 5.30. The molecule has 1 N–H and O–H groups in total. The second-order valence-electron chi connectivity index (χ2n) is 5.58. The molecule has 0 spiro atoms. The summed E-state index contributed by atoms with van der Waals surface area (Å²) in [5.41, 5.74) is 0.816. The molecule has 2 aromatic carbocycles. The summed E-state index contributed by atoms with van der Waals surface area (Å²) in [6.07, 6.45) is 2.96.